The highest BCUT2D eigenvalue weighted by atomic mass is 19.1. The number of carbonyl (C=O) groups is 1. The molecule has 21 heavy (non-hydrogen) atoms. The van der Waals surface area contributed by atoms with Crippen molar-refractivity contribution in [3.8, 4) is 17.2 Å². The highest BCUT2D eigenvalue weighted by Gasteiger charge is 2.10. The summed E-state index contributed by atoms with van der Waals surface area (Å²) >= 11 is 0. The summed E-state index contributed by atoms with van der Waals surface area (Å²) in [5.41, 5.74) is 0.0609. The molecule has 0 bridgehead atoms. The lowest BCUT2D eigenvalue weighted by atomic mass is 10.1. The summed E-state index contributed by atoms with van der Waals surface area (Å²) < 4.78 is 24.6. The summed E-state index contributed by atoms with van der Waals surface area (Å²) in [5, 5.41) is 8.66. The van der Waals surface area contributed by atoms with Gasteiger partial charge in [0.2, 0.25) is 0 Å². The number of halogens is 1. The second kappa shape index (κ2) is 6.56. The molecule has 0 radical (unpaired) electrons. The Morgan fingerprint density at radius 2 is 1.76 bits per heavy atom. The van der Waals surface area contributed by atoms with Crippen molar-refractivity contribution in [3.63, 3.8) is 0 Å². The number of carboxylic acids is 1. The van der Waals surface area contributed by atoms with Gasteiger partial charge in [0.15, 0.2) is 11.5 Å². The molecule has 5 heteroatoms. The Hall–Kier alpha value is -2.82. The van der Waals surface area contributed by atoms with Crippen molar-refractivity contribution in [2.45, 2.75) is 0 Å². The Labute approximate surface area is 121 Å². The molecular weight excluding hydrogens is 275 g/mol. The SMILES string of the molecule is COc1ccccc1Oc1cccc(F)c1/C=C/C(=O)O. The van der Waals surface area contributed by atoms with Crippen LogP contribution in [0.2, 0.25) is 0 Å². The first kappa shape index (κ1) is 14.6. The van der Waals surface area contributed by atoms with E-state index in [1.54, 1.807) is 30.3 Å². The topological polar surface area (TPSA) is 55.8 Å². The monoisotopic (exact) mass is 288 g/mol. The zero-order valence-corrected chi connectivity index (χ0v) is 11.2. The molecule has 2 rings (SSSR count). The van der Waals surface area contributed by atoms with E-state index in [0.717, 1.165) is 12.2 Å². The van der Waals surface area contributed by atoms with Crippen LogP contribution in [-0.4, -0.2) is 18.2 Å². The van der Waals surface area contributed by atoms with E-state index in [4.69, 9.17) is 14.6 Å². The van der Waals surface area contributed by atoms with Crippen molar-refractivity contribution >= 4 is 12.0 Å². The summed E-state index contributed by atoms with van der Waals surface area (Å²) in [5.74, 6) is -0.621. The van der Waals surface area contributed by atoms with Gasteiger partial charge in [-0.05, 0) is 30.3 Å². The van der Waals surface area contributed by atoms with Crippen LogP contribution in [0.3, 0.4) is 0 Å². The van der Waals surface area contributed by atoms with Gasteiger partial charge in [0.25, 0.3) is 0 Å². The van der Waals surface area contributed by atoms with E-state index in [9.17, 15) is 9.18 Å². The van der Waals surface area contributed by atoms with Gasteiger partial charge >= 0.3 is 5.97 Å². The van der Waals surface area contributed by atoms with E-state index in [1.807, 2.05) is 0 Å². The fourth-order valence-corrected chi connectivity index (χ4v) is 1.74. The van der Waals surface area contributed by atoms with Crippen molar-refractivity contribution in [2.24, 2.45) is 0 Å². The quantitative estimate of drug-likeness (QED) is 0.852. The van der Waals surface area contributed by atoms with Crippen molar-refractivity contribution in [1.29, 1.82) is 0 Å². The number of benzene rings is 2. The molecule has 0 aromatic heterocycles. The van der Waals surface area contributed by atoms with Crippen molar-refractivity contribution in [1.82, 2.24) is 0 Å². The first-order valence-corrected chi connectivity index (χ1v) is 6.12. The molecule has 0 saturated heterocycles. The molecule has 2 aromatic rings. The molecular formula is C16H13FO4. The standard InChI is InChI=1S/C16H13FO4/c1-20-14-6-2-3-7-15(14)21-13-8-4-5-12(17)11(13)9-10-16(18)19/h2-10H,1H3,(H,18,19)/b10-9+. The predicted molar refractivity (Wildman–Crippen MR) is 76.1 cm³/mol. The average Bonchev–Trinajstić information content (AvgIpc) is 2.47. The number of carboxylic acid groups (broad SMARTS) is 1. The summed E-state index contributed by atoms with van der Waals surface area (Å²) in [4.78, 5) is 10.6. The number of hydrogen-bond acceptors (Lipinski definition) is 3. The van der Waals surface area contributed by atoms with E-state index in [2.05, 4.69) is 0 Å². The highest BCUT2D eigenvalue weighted by Crippen LogP contribution is 2.33. The van der Waals surface area contributed by atoms with Crippen molar-refractivity contribution in [3.05, 3.63) is 59.9 Å². The summed E-state index contributed by atoms with van der Waals surface area (Å²) in [6, 6.07) is 11.2. The molecule has 0 fully saturated rings. The number of ether oxygens (including phenoxy) is 2. The summed E-state index contributed by atoms with van der Waals surface area (Å²) in [7, 11) is 1.50. The zero-order chi connectivity index (χ0) is 15.2. The molecule has 0 unspecified atom stereocenters. The fraction of sp³-hybridized carbons (Fsp3) is 0.0625. The van der Waals surface area contributed by atoms with Gasteiger partial charge in [-0.2, -0.15) is 0 Å². The Kier molecular flexibility index (Phi) is 4.56. The van der Waals surface area contributed by atoms with Gasteiger partial charge in [-0.15, -0.1) is 0 Å². The van der Waals surface area contributed by atoms with Crippen LogP contribution in [0.15, 0.2) is 48.5 Å². The Morgan fingerprint density at radius 3 is 2.43 bits per heavy atom. The molecule has 0 atom stereocenters. The van der Waals surface area contributed by atoms with Crippen LogP contribution in [0.25, 0.3) is 6.08 Å². The van der Waals surface area contributed by atoms with E-state index in [0.29, 0.717) is 11.5 Å². The zero-order valence-electron chi connectivity index (χ0n) is 11.2. The van der Waals surface area contributed by atoms with Gasteiger partial charge in [0.1, 0.15) is 11.6 Å². The summed E-state index contributed by atoms with van der Waals surface area (Å²) in [6.45, 7) is 0. The van der Waals surface area contributed by atoms with Crippen LogP contribution in [0, 0.1) is 5.82 Å². The number of hydrogen-bond donors (Lipinski definition) is 1. The summed E-state index contributed by atoms with van der Waals surface area (Å²) in [6.07, 6.45) is 2.01. The third-order valence-electron chi connectivity index (χ3n) is 2.69. The highest BCUT2D eigenvalue weighted by molar-refractivity contribution is 5.86. The van der Waals surface area contributed by atoms with Crippen LogP contribution in [0.4, 0.5) is 4.39 Å². The van der Waals surface area contributed by atoms with Crippen LogP contribution in [0.5, 0.6) is 17.2 Å². The average molecular weight is 288 g/mol. The number of methoxy groups -OCH3 is 1. The van der Waals surface area contributed by atoms with Gasteiger partial charge < -0.3 is 14.6 Å². The second-order valence-corrected chi connectivity index (χ2v) is 4.08. The van der Waals surface area contributed by atoms with Crippen LogP contribution in [0.1, 0.15) is 5.56 Å². The van der Waals surface area contributed by atoms with Gasteiger partial charge in [-0.3, -0.25) is 0 Å². The molecule has 0 heterocycles. The third kappa shape index (κ3) is 3.60. The molecule has 4 nitrogen and oxygen atoms in total. The number of para-hydroxylation sites is 2. The molecule has 0 spiro atoms. The molecule has 0 aliphatic rings. The molecule has 108 valence electrons. The fourth-order valence-electron chi connectivity index (χ4n) is 1.74. The van der Waals surface area contributed by atoms with Crippen molar-refractivity contribution < 1.29 is 23.8 Å². The normalized spacial score (nSPS) is 10.6. The smallest absolute Gasteiger partial charge is 0.328 e. The lowest BCUT2D eigenvalue weighted by molar-refractivity contribution is -0.131. The molecule has 0 amide bonds. The van der Waals surface area contributed by atoms with Gasteiger partial charge in [-0.25, -0.2) is 9.18 Å². The van der Waals surface area contributed by atoms with E-state index < -0.39 is 11.8 Å². The van der Waals surface area contributed by atoms with Crippen LogP contribution >= 0.6 is 0 Å². The predicted octanol–water partition coefficient (Wildman–Crippen LogP) is 3.72. The van der Waals surface area contributed by atoms with E-state index in [1.165, 1.54) is 19.2 Å². The Bertz CT molecular complexity index is 680. The maximum atomic E-state index is 13.8. The lowest BCUT2D eigenvalue weighted by Crippen LogP contribution is -1.94. The first-order chi connectivity index (χ1) is 10.1. The largest absolute Gasteiger partial charge is 0.493 e. The van der Waals surface area contributed by atoms with Gasteiger partial charge in [0.05, 0.1) is 12.7 Å². The molecule has 0 saturated carbocycles. The number of rotatable bonds is 5. The minimum absolute atomic E-state index is 0.0609. The van der Waals surface area contributed by atoms with Crippen LogP contribution in [-0.2, 0) is 4.79 Å². The Morgan fingerprint density at radius 1 is 1.10 bits per heavy atom. The maximum absolute atomic E-state index is 13.8. The van der Waals surface area contributed by atoms with Crippen molar-refractivity contribution in [2.75, 3.05) is 7.11 Å². The lowest BCUT2D eigenvalue weighted by Gasteiger charge is -2.12. The van der Waals surface area contributed by atoms with Gasteiger partial charge in [0, 0.05) is 6.08 Å². The van der Waals surface area contributed by atoms with Crippen LogP contribution < -0.4 is 9.47 Å². The van der Waals surface area contributed by atoms with E-state index >= 15 is 0 Å². The van der Waals surface area contributed by atoms with Gasteiger partial charge in [-0.1, -0.05) is 18.2 Å². The molecule has 0 aliphatic heterocycles. The molecule has 2 aromatic carbocycles. The third-order valence-corrected chi connectivity index (χ3v) is 2.69. The second-order valence-electron chi connectivity index (χ2n) is 4.08. The molecule has 0 aliphatic carbocycles. The Balaban J connectivity index is 2.40. The first-order valence-electron chi connectivity index (χ1n) is 6.12. The van der Waals surface area contributed by atoms with E-state index in [-0.39, 0.29) is 11.3 Å². The maximum Gasteiger partial charge on any atom is 0.328 e. The molecule has 1 N–H and O–H groups in total. The number of aliphatic carboxylic acids is 1. The minimum atomic E-state index is -1.17. The minimum Gasteiger partial charge on any atom is -0.493 e.